The summed E-state index contributed by atoms with van der Waals surface area (Å²) in [7, 11) is 0. The third kappa shape index (κ3) is 5.52. The highest BCUT2D eigenvalue weighted by Crippen LogP contribution is 2.29. The first-order valence-electron chi connectivity index (χ1n) is 9.10. The van der Waals surface area contributed by atoms with Crippen LogP contribution in [-0.2, 0) is 12.8 Å². The molecular formula is C24H22F2O. The minimum atomic E-state index is -1.73. The second-order valence-electron chi connectivity index (χ2n) is 6.46. The first-order valence-corrected chi connectivity index (χ1v) is 9.10. The van der Waals surface area contributed by atoms with Crippen molar-refractivity contribution in [2.45, 2.75) is 26.2 Å². The molecule has 0 N–H and O–H groups in total. The van der Waals surface area contributed by atoms with Crippen LogP contribution in [0.1, 0.15) is 35.6 Å². The van der Waals surface area contributed by atoms with E-state index >= 15 is 0 Å². The number of benzene rings is 3. The Balaban J connectivity index is 1.79. The zero-order valence-corrected chi connectivity index (χ0v) is 15.3. The monoisotopic (exact) mass is 364 g/mol. The highest BCUT2D eigenvalue weighted by atomic mass is 19.3. The molecule has 1 nitrogen and oxygen atoms in total. The van der Waals surface area contributed by atoms with Crippen molar-refractivity contribution >= 4 is 6.08 Å². The molecule has 27 heavy (non-hydrogen) atoms. The Morgan fingerprint density at radius 3 is 2.19 bits per heavy atom. The second-order valence-corrected chi connectivity index (χ2v) is 6.46. The third-order valence-electron chi connectivity index (χ3n) is 4.28. The van der Waals surface area contributed by atoms with Crippen LogP contribution in [0.2, 0.25) is 0 Å². The zero-order chi connectivity index (χ0) is 19.1. The molecule has 0 aliphatic heterocycles. The summed E-state index contributed by atoms with van der Waals surface area (Å²) in [5.74, 6) is 1.08. The molecule has 0 bridgehead atoms. The molecule has 0 radical (unpaired) electrons. The molecule has 3 heteroatoms. The number of aryl methyl sites for hydroxylation is 1. The van der Waals surface area contributed by atoms with E-state index in [4.69, 9.17) is 4.74 Å². The molecule has 0 saturated carbocycles. The molecule has 0 spiro atoms. The Labute approximate surface area is 158 Å². The molecule has 0 unspecified atom stereocenters. The summed E-state index contributed by atoms with van der Waals surface area (Å²) >= 11 is 0. The maximum Gasteiger partial charge on any atom is 0.271 e. The fourth-order valence-corrected chi connectivity index (χ4v) is 2.98. The average molecular weight is 364 g/mol. The first kappa shape index (κ1) is 18.8. The zero-order valence-electron chi connectivity index (χ0n) is 15.3. The van der Waals surface area contributed by atoms with Crippen molar-refractivity contribution in [2.24, 2.45) is 0 Å². The number of hydrogen-bond acceptors (Lipinski definition) is 1. The average Bonchev–Trinajstić information content (AvgIpc) is 2.66. The van der Waals surface area contributed by atoms with Crippen LogP contribution in [0.15, 0.2) is 78.9 Å². The molecule has 0 aliphatic carbocycles. The summed E-state index contributed by atoms with van der Waals surface area (Å²) in [5.41, 5.74) is 3.86. The normalized spacial score (nSPS) is 10.5. The van der Waals surface area contributed by atoms with Gasteiger partial charge in [-0.2, -0.15) is 8.78 Å². The fraction of sp³-hybridized carbons (Fsp3) is 0.167. The Hall–Kier alpha value is -2.94. The van der Waals surface area contributed by atoms with Gasteiger partial charge >= 0.3 is 0 Å². The van der Waals surface area contributed by atoms with Crippen LogP contribution in [0.25, 0.3) is 6.08 Å². The molecule has 0 saturated heterocycles. The summed E-state index contributed by atoms with van der Waals surface area (Å²) in [6.07, 6.45) is 1.82. The molecule has 0 aliphatic rings. The predicted molar refractivity (Wildman–Crippen MR) is 106 cm³/mol. The van der Waals surface area contributed by atoms with E-state index < -0.39 is 6.08 Å². The van der Waals surface area contributed by atoms with Crippen LogP contribution in [0.5, 0.6) is 11.5 Å². The quantitative estimate of drug-likeness (QED) is 0.429. The van der Waals surface area contributed by atoms with Gasteiger partial charge in [-0.3, -0.25) is 0 Å². The summed E-state index contributed by atoms with van der Waals surface area (Å²) in [4.78, 5) is 0. The number of ether oxygens (including phenoxy) is 1. The van der Waals surface area contributed by atoms with E-state index in [9.17, 15) is 8.78 Å². The van der Waals surface area contributed by atoms with E-state index in [1.54, 1.807) is 6.07 Å². The Bertz CT molecular complexity index is 895. The largest absolute Gasteiger partial charge is 0.457 e. The van der Waals surface area contributed by atoms with Gasteiger partial charge in [0.25, 0.3) is 6.08 Å². The van der Waals surface area contributed by atoms with E-state index in [0.29, 0.717) is 17.1 Å². The minimum absolute atomic E-state index is 0.378. The van der Waals surface area contributed by atoms with E-state index in [0.717, 1.165) is 30.9 Å². The van der Waals surface area contributed by atoms with Gasteiger partial charge in [-0.1, -0.05) is 67.9 Å². The van der Waals surface area contributed by atoms with Gasteiger partial charge in [0.2, 0.25) is 0 Å². The molecule has 0 fully saturated rings. The highest BCUT2D eigenvalue weighted by Gasteiger charge is 2.07. The predicted octanol–water partition coefficient (Wildman–Crippen LogP) is 7.26. The lowest BCUT2D eigenvalue weighted by Crippen LogP contribution is -1.92. The van der Waals surface area contributed by atoms with Crippen molar-refractivity contribution in [3.8, 4) is 11.5 Å². The maximum absolute atomic E-state index is 12.8. The summed E-state index contributed by atoms with van der Waals surface area (Å²) < 4.78 is 31.4. The SMILES string of the molecule is CCCc1ccc(C=C(F)F)c(Oc2ccc(Cc3ccccc3)cc2)c1. The minimum Gasteiger partial charge on any atom is -0.457 e. The lowest BCUT2D eigenvalue weighted by molar-refractivity contribution is 0.428. The van der Waals surface area contributed by atoms with Gasteiger partial charge in [0.05, 0.1) is 0 Å². The van der Waals surface area contributed by atoms with E-state index in [1.807, 2.05) is 54.6 Å². The van der Waals surface area contributed by atoms with Gasteiger partial charge in [0.1, 0.15) is 11.5 Å². The lowest BCUT2D eigenvalue weighted by Gasteiger charge is -2.11. The van der Waals surface area contributed by atoms with E-state index in [1.165, 1.54) is 11.1 Å². The maximum atomic E-state index is 12.8. The van der Waals surface area contributed by atoms with Crippen LogP contribution in [0, 0.1) is 0 Å². The topological polar surface area (TPSA) is 9.23 Å². The smallest absolute Gasteiger partial charge is 0.271 e. The fourth-order valence-electron chi connectivity index (χ4n) is 2.98. The van der Waals surface area contributed by atoms with Crippen LogP contribution in [-0.4, -0.2) is 0 Å². The van der Waals surface area contributed by atoms with Gasteiger partial charge in [-0.05, 0) is 47.7 Å². The van der Waals surface area contributed by atoms with Crippen molar-refractivity contribution in [3.63, 3.8) is 0 Å². The molecule has 3 rings (SSSR count). The van der Waals surface area contributed by atoms with Crippen molar-refractivity contribution in [3.05, 3.63) is 101 Å². The molecule has 0 atom stereocenters. The third-order valence-corrected chi connectivity index (χ3v) is 4.28. The molecule has 138 valence electrons. The van der Waals surface area contributed by atoms with Crippen LogP contribution >= 0.6 is 0 Å². The standard InChI is InChI=1S/C24H22F2O/c1-2-6-18-9-12-21(17-24(25)26)23(16-18)27-22-13-10-20(11-14-22)15-19-7-4-3-5-8-19/h3-5,7-14,16-17H,2,6,15H2,1H3. The lowest BCUT2D eigenvalue weighted by atomic mass is 10.0. The van der Waals surface area contributed by atoms with Gasteiger partial charge < -0.3 is 4.74 Å². The van der Waals surface area contributed by atoms with Crippen LogP contribution in [0.4, 0.5) is 8.78 Å². The number of rotatable bonds is 7. The first-order chi connectivity index (χ1) is 13.1. The van der Waals surface area contributed by atoms with E-state index in [-0.39, 0.29) is 0 Å². The van der Waals surface area contributed by atoms with Gasteiger partial charge in [-0.25, -0.2) is 0 Å². The van der Waals surface area contributed by atoms with Crippen LogP contribution in [0.3, 0.4) is 0 Å². The second kappa shape index (κ2) is 9.13. The van der Waals surface area contributed by atoms with Crippen molar-refractivity contribution in [1.29, 1.82) is 0 Å². The highest BCUT2D eigenvalue weighted by molar-refractivity contribution is 5.59. The Morgan fingerprint density at radius 1 is 0.852 bits per heavy atom. The molecule has 0 amide bonds. The summed E-state index contributed by atoms with van der Waals surface area (Å²) in [6.45, 7) is 2.08. The molecular weight excluding hydrogens is 342 g/mol. The molecule has 0 heterocycles. The molecule has 3 aromatic carbocycles. The number of hydrogen-bond donors (Lipinski definition) is 0. The summed E-state index contributed by atoms with van der Waals surface area (Å²) in [6, 6.07) is 23.4. The van der Waals surface area contributed by atoms with Crippen LogP contribution < -0.4 is 4.74 Å². The van der Waals surface area contributed by atoms with Gasteiger partial charge in [0, 0.05) is 11.6 Å². The molecule has 3 aromatic rings. The van der Waals surface area contributed by atoms with Gasteiger partial charge in [-0.15, -0.1) is 0 Å². The summed E-state index contributed by atoms with van der Waals surface area (Å²) in [5, 5.41) is 0. The van der Waals surface area contributed by atoms with Crippen molar-refractivity contribution in [2.75, 3.05) is 0 Å². The Morgan fingerprint density at radius 2 is 1.52 bits per heavy atom. The molecule has 0 aromatic heterocycles. The Kier molecular flexibility index (Phi) is 6.37. The van der Waals surface area contributed by atoms with E-state index in [2.05, 4.69) is 19.1 Å². The van der Waals surface area contributed by atoms with Crippen molar-refractivity contribution in [1.82, 2.24) is 0 Å². The van der Waals surface area contributed by atoms with Crippen molar-refractivity contribution < 1.29 is 13.5 Å². The number of halogens is 2. The van der Waals surface area contributed by atoms with Gasteiger partial charge in [0.15, 0.2) is 0 Å².